The van der Waals surface area contributed by atoms with Crippen LogP contribution in [0.4, 0.5) is 0 Å². The average molecular weight is 673 g/mol. The van der Waals surface area contributed by atoms with Gasteiger partial charge in [0.05, 0.1) is 0 Å². The third-order valence-corrected chi connectivity index (χ3v) is 5.42. The van der Waals surface area contributed by atoms with Gasteiger partial charge in [-0.2, -0.15) is 30.3 Å². The standard InChI is InChI=1S/C13H11BCl2O.C6H4Cl.C4H8O.C3H9BO3.CH4.BrH.Mg/c1-17-14(10-2-6-12(15)7-3-10)11-4-8-13(16)9-5-11;7-6-4-2-1-3-5-6;1-2-4-5-3-1;1-5-4(6-2)7-3;;;/h2-9H,1H3;2-5H;1-4H2;1-3H3;1H4;1H;/q;-1;;;;;+2/p-1. The Hall–Kier alpha value is -0.294. The quantitative estimate of drug-likeness (QED) is 0.298. The second-order valence-electron chi connectivity index (χ2n) is 7.25. The molecule has 0 unspecified atom stereocenters. The summed E-state index contributed by atoms with van der Waals surface area (Å²) in [7, 11) is 5.71. The Kier molecular flexibility index (Phi) is 30.8. The molecule has 39 heavy (non-hydrogen) atoms. The van der Waals surface area contributed by atoms with E-state index in [1.165, 1.54) is 34.2 Å². The van der Waals surface area contributed by atoms with Crippen LogP contribution in [0.25, 0.3) is 0 Å². The van der Waals surface area contributed by atoms with Gasteiger partial charge in [-0.05, 0) is 48.0 Å². The van der Waals surface area contributed by atoms with Crippen LogP contribution in [-0.4, -0.2) is 78.9 Å². The van der Waals surface area contributed by atoms with Crippen molar-refractivity contribution in [2.75, 3.05) is 41.7 Å². The first-order valence-corrected chi connectivity index (χ1v) is 12.4. The van der Waals surface area contributed by atoms with Gasteiger partial charge in [-0.1, -0.05) is 59.9 Å². The zero-order valence-electron chi connectivity index (χ0n) is 22.2. The first-order valence-electron chi connectivity index (χ1n) is 11.3. The van der Waals surface area contributed by atoms with Crippen molar-refractivity contribution in [3.05, 3.63) is 93.9 Å². The number of rotatable bonds is 6. The summed E-state index contributed by atoms with van der Waals surface area (Å²) in [5.41, 5.74) is 2.14. The van der Waals surface area contributed by atoms with Gasteiger partial charge in [0.1, 0.15) is 0 Å². The molecule has 1 aliphatic heterocycles. The summed E-state index contributed by atoms with van der Waals surface area (Å²) in [4.78, 5) is 0. The molecule has 12 heteroatoms. The average Bonchev–Trinajstić information content (AvgIpc) is 3.50. The molecule has 0 aliphatic carbocycles. The molecule has 0 N–H and O–H groups in total. The molecule has 0 aromatic heterocycles. The summed E-state index contributed by atoms with van der Waals surface area (Å²) >= 11 is 17.3. The van der Waals surface area contributed by atoms with Crippen molar-refractivity contribution in [2.45, 2.75) is 20.3 Å². The fourth-order valence-corrected chi connectivity index (χ4v) is 3.28. The minimum absolute atomic E-state index is 0. The van der Waals surface area contributed by atoms with Crippen LogP contribution in [0, 0.1) is 6.07 Å². The Morgan fingerprint density at radius 2 is 1.00 bits per heavy atom. The third kappa shape index (κ3) is 20.3. The molecule has 0 amide bonds. The van der Waals surface area contributed by atoms with Crippen LogP contribution in [0.2, 0.25) is 15.1 Å². The van der Waals surface area contributed by atoms with Crippen LogP contribution in [-0.2, 0) is 23.4 Å². The Morgan fingerprint density at radius 1 is 0.641 bits per heavy atom. The second-order valence-corrected chi connectivity index (χ2v) is 8.56. The number of ether oxygens (including phenoxy) is 1. The van der Waals surface area contributed by atoms with E-state index in [1.54, 1.807) is 31.4 Å². The summed E-state index contributed by atoms with van der Waals surface area (Å²) in [5, 5.41) is 2.21. The van der Waals surface area contributed by atoms with Gasteiger partial charge in [-0.25, -0.2) is 0 Å². The molecule has 1 saturated heterocycles. The summed E-state index contributed by atoms with van der Waals surface area (Å²) < 4.78 is 24.3. The molecule has 3 aromatic carbocycles. The van der Waals surface area contributed by atoms with Crippen molar-refractivity contribution in [1.82, 2.24) is 0 Å². The Labute approximate surface area is 277 Å². The van der Waals surface area contributed by atoms with Crippen LogP contribution in [0.3, 0.4) is 0 Å². The topological polar surface area (TPSA) is 46.2 Å². The van der Waals surface area contributed by atoms with Crippen molar-refractivity contribution in [1.29, 1.82) is 0 Å². The van der Waals surface area contributed by atoms with Crippen molar-refractivity contribution in [3.8, 4) is 0 Å². The van der Waals surface area contributed by atoms with E-state index in [9.17, 15) is 0 Å². The maximum atomic E-state index is 5.87. The minimum atomic E-state index is -0.514. The van der Waals surface area contributed by atoms with E-state index in [0.29, 0.717) is 0 Å². The normalized spacial score (nSPS) is 10.7. The predicted octanol–water partition coefficient (Wildman–Crippen LogP) is 2.85. The molecule has 210 valence electrons. The Bertz CT molecular complexity index is 866. The summed E-state index contributed by atoms with van der Waals surface area (Å²) in [6, 6.07) is 25.3. The molecular formula is C27H36B2BrCl3MgO5. The molecule has 0 radical (unpaired) electrons. The summed E-state index contributed by atoms with van der Waals surface area (Å²) in [6.45, 7) is 1.91. The fourth-order valence-electron chi connectivity index (χ4n) is 2.91. The smallest absolute Gasteiger partial charge is 1.00 e. The van der Waals surface area contributed by atoms with Crippen LogP contribution >= 0.6 is 34.8 Å². The predicted molar refractivity (Wildman–Crippen MR) is 165 cm³/mol. The first-order chi connectivity index (χ1) is 17.4. The SMILES string of the molecule is C.C1CCOC1.COB(OC)OC.COB(c1ccc(Cl)cc1)c1ccc(Cl)cc1.Clc1cc[c-]cc1.[Br-].[Mg+2]. The number of halogens is 4. The van der Waals surface area contributed by atoms with Crippen LogP contribution < -0.4 is 27.9 Å². The largest absolute Gasteiger partial charge is 2.00 e. The molecule has 3 aromatic rings. The first kappa shape index (κ1) is 43.2. The maximum absolute atomic E-state index is 5.87. The third-order valence-electron chi connectivity index (χ3n) is 4.66. The Balaban J connectivity index is -0.000000494. The molecule has 0 atom stereocenters. The van der Waals surface area contributed by atoms with Gasteiger partial charge in [0.15, 0.2) is 0 Å². The number of hydrogen-bond acceptors (Lipinski definition) is 5. The molecule has 1 aliphatic rings. The van der Waals surface area contributed by atoms with Gasteiger partial charge in [0, 0.05) is 51.7 Å². The maximum Gasteiger partial charge on any atom is 2.00 e. The molecule has 0 saturated carbocycles. The van der Waals surface area contributed by atoms with E-state index in [-0.39, 0.29) is 54.4 Å². The van der Waals surface area contributed by atoms with E-state index in [1.807, 2.05) is 48.5 Å². The second kappa shape index (κ2) is 27.9. The molecule has 0 bridgehead atoms. The molecule has 5 nitrogen and oxygen atoms in total. The van der Waals surface area contributed by atoms with E-state index in [4.69, 9.17) is 44.2 Å². The zero-order valence-corrected chi connectivity index (χ0v) is 27.4. The van der Waals surface area contributed by atoms with Crippen molar-refractivity contribution in [3.63, 3.8) is 0 Å². The summed E-state index contributed by atoms with van der Waals surface area (Å²) in [6.07, 6.45) is 2.56. The van der Waals surface area contributed by atoms with Gasteiger partial charge >= 0.3 is 37.3 Å². The molecule has 1 heterocycles. The van der Waals surface area contributed by atoms with Gasteiger partial charge in [0.25, 0.3) is 0 Å². The monoisotopic (exact) mass is 670 g/mol. The van der Waals surface area contributed by atoms with Gasteiger partial charge < -0.3 is 40.3 Å². The molecular weight excluding hydrogens is 636 g/mol. The van der Waals surface area contributed by atoms with Gasteiger partial charge in [-0.15, -0.1) is 11.6 Å². The van der Waals surface area contributed by atoms with E-state index in [0.717, 1.165) is 39.2 Å². The number of hydrogen-bond donors (Lipinski definition) is 0. The molecule has 1 fully saturated rings. The van der Waals surface area contributed by atoms with Gasteiger partial charge in [0.2, 0.25) is 0 Å². The van der Waals surface area contributed by atoms with E-state index in [2.05, 4.69) is 20.0 Å². The van der Waals surface area contributed by atoms with E-state index >= 15 is 0 Å². The van der Waals surface area contributed by atoms with Crippen molar-refractivity contribution in [2.24, 2.45) is 0 Å². The molecule has 0 spiro atoms. The zero-order chi connectivity index (χ0) is 26.6. The number of benzene rings is 3. The Morgan fingerprint density at radius 3 is 1.21 bits per heavy atom. The van der Waals surface area contributed by atoms with Gasteiger partial charge in [-0.3, -0.25) is 0 Å². The van der Waals surface area contributed by atoms with Crippen LogP contribution in [0.1, 0.15) is 20.3 Å². The fraction of sp³-hybridized carbons (Fsp3) is 0.333. The summed E-state index contributed by atoms with van der Waals surface area (Å²) in [5.74, 6) is 0. The van der Waals surface area contributed by atoms with Crippen molar-refractivity contribution >= 4 is 83.0 Å². The van der Waals surface area contributed by atoms with E-state index < -0.39 is 7.32 Å². The van der Waals surface area contributed by atoms with Crippen molar-refractivity contribution < 1.29 is 40.3 Å². The van der Waals surface area contributed by atoms with Crippen LogP contribution in [0.5, 0.6) is 0 Å². The van der Waals surface area contributed by atoms with Crippen LogP contribution in [0.15, 0.2) is 72.8 Å². The molecule has 4 rings (SSSR count). The minimum Gasteiger partial charge on any atom is -1.00 e.